The molecule has 1 aliphatic rings. The Morgan fingerprint density at radius 1 is 0.952 bits per heavy atom. The van der Waals surface area contributed by atoms with E-state index in [-0.39, 0.29) is 64.9 Å². The summed E-state index contributed by atoms with van der Waals surface area (Å²) in [7, 11) is 0. The number of ketones is 2. The number of rotatable bonds is 0. The van der Waals surface area contributed by atoms with Crippen molar-refractivity contribution in [3.63, 3.8) is 0 Å². The Labute approximate surface area is 174 Å². The first-order valence-corrected chi connectivity index (χ1v) is 7.21. The van der Waals surface area contributed by atoms with E-state index in [1.165, 1.54) is 20.3 Å². The molecule has 1 saturated carbocycles. The van der Waals surface area contributed by atoms with Crippen molar-refractivity contribution >= 4 is 34.3 Å². The molecule has 0 radical (unpaired) electrons. The summed E-state index contributed by atoms with van der Waals surface area (Å²) < 4.78 is 48.2. The van der Waals surface area contributed by atoms with Gasteiger partial charge in [0.1, 0.15) is 11.6 Å². The van der Waals surface area contributed by atoms with E-state index in [1.807, 2.05) is 0 Å². The van der Waals surface area contributed by atoms with E-state index in [0.717, 1.165) is 25.7 Å². The van der Waals surface area contributed by atoms with Crippen molar-refractivity contribution in [2.24, 2.45) is 0 Å². The summed E-state index contributed by atoms with van der Waals surface area (Å²) in [5.74, 6) is 0.631. The van der Waals surface area contributed by atoms with E-state index in [1.54, 1.807) is 0 Å². The average Bonchev–Trinajstić information content (AvgIpc) is 2.15. The molecule has 8 nitrogen and oxygen atoms in total. The summed E-state index contributed by atoms with van der Waals surface area (Å²) in [6, 6.07) is 0. The standard InChI is InChI=1S/C6H10O.C3H6O.2Na.2H2O3S/c7-6-4-2-1-3-5-6;1-3(2)4;;;2*1-4(2)3/h1-5H2;1-2H3;;;2*(H2,1,2,3)/q;;2*+1;;/p-2. The van der Waals surface area contributed by atoms with Crippen molar-refractivity contribution in [1.29, 1.82) is 0 Å². The topological polar surface area (TPSA) is 155 Å². The first-order valence-electron chi connectivity index (χ1n) is 5.15. The molecule has 2 N–H and O–H groups in total. The Kier molecular flexibility index (Phi) is 42.6. The molecule has 0 aromatic rings. The van der Waals surface area contributed by atoms with Gasteiger partial charge in [0.2, 0.25) is 0 Å². The van der Waals surface area contributed by atoms with Crippen LogP contribution in [0.1, 0.15) is 46.0 Å². The van der Waals surface area contributed by atoms with Crippen LogP contribution in [0.25, 0.3) is 0 Å². The van der Waals surface area contributed by atoms with Gasteiger partial charge in [-0.05, 0) is 26.7 Å². The average molecular weight is 364 g/mol. The van der Waals surface area contributed by atoms with Crippen molar-refractivity contribution in [3.05, 3.63) is 0 Å². The number of carbonyl (C=O) groups is 2. The minimum absolute atomic E-state index is 0. The number of hydrogen-bond donors (Lipinski definition) is 2. The van der Waals surface area contributed by atoms with Gasteiger partial charge in [0, 0.05) is 12.8 Å². The van der Waals surface area contributed by atoms with Crippen molar-refractivity contribution < 1.29 is 95.3 Å². The molecule has 0 heterocycles. The normalized spacial score (nSPS) is 14.7. The maximum Gasteiger partial charge on any atom is 1.00 e. The Bertz CT molecular complexity index is 253. The predicted octanol–water partition coefficient (Wildman–Crippen LogP) is -5.20. The summed E-state index contributed by atoms with van der Waals surface area (Å²) in [6.45, 7) is 3.06. The van der Waals surface area contributed by atoms with E-state index >= 15 is 0 Å². The van der Waals surface area contributed by atoms with Crippen molar-refractivity contribution in [2.45, 2.75) is 46.0 Å². The molecule has 0 saturated heterocycles. The third kappa shape index (κ3) is 90.7. The zero-order valence-electron chi connectivity index (χ0n) is 12.7. The van der Waals surface area contributed by atoms with Crippen molar-refractivity contribution in [1.82, 2.24) is 0 Å². The van der Waals surface area contributed by atoms with Crippen LogP contribution in [-0.4, -0.2) is 38.2 Å². The molecule has 0 amide bonds. The summed E-state index contributed by atoms with van der Waals surface area (Å²) in [6.07, 6.45) is 5.24. The van der Waals surface area contributed by atoms with Gasteiger partial charge < -0.3 is 23.0 Å². The van der Waals surface area contributed by atoms with Crippen LogP contribution in [0, 0.1) is 0 Å². The zero-order valence-corrected chi connectivity index (χ0v) is 18.3. The maximum atomic E-state index is 10.5. The molecule has 0 aromatic heterocycles. The molecule has 0 aromatic carbocycles. The van der Waals surface area contributed by atoms with Gasteiger partial charge in [0.05, 0.1) is 22.7 Å². The van der Waals surface area contributed by atoms with Gasteiger partial charge in [-0.3, -0.25) is 4.79 Å². The first-order chi connectivity index (χ1) is 8.59. The van der Waals surface area contributed by atoms with Gasteiger partial charge in [-0.1, -0.05) is 6.42 Å². The maximum absolute atomic E-state index is 10.5. The molecule has 12 heteroatoms. The fraction of sp³-hybridized carbons (Fsp3) is 0.778. The zero-order chi connectivity index (χ0) is 15.8. The van der Waals surface area contributed by atoms with Crippen LogP contribution in [0.5, 0.6) is 0 Å². The van der Waals surface area contributed by atoms with Crippen LogP contribution >= 0.6 is 0 Å². The van der Waals surface area contributed by atoms with Crippen LogP contribution in [0.4, 0.5) is 0 Å². The molecule has 0 spiro atoms. The largest absolute Gasteiger partial charge is 1.00 e. The number of Topliss-reactive ketones (excluding diaryl/α,β-unsaturated/α-hetero) is 2. The van der Waals surface area contributed by atoms with Gasteiger partial charge in [-0.25, -0.2) is 8.42 Å². The fourth-order valence-corrected chi connectivity index (χ4v) is 0.946. The Balaban J connectivity index is -0.0000000549. The van der Waals surface area contributed by atoms with E-state index in [9.17, 15) is 9.59 Å². The van der Waals surface area contributed by atoms with Crippen molar-refractivity contribution in [2.75, 3.05) is 0 Å². The monoisotopic (exact) mass is 364 g/mol. The van der Waals surface area contributed by atoms with Gasteiger partial charge in [-0.2, -0.15) is 0 Å². The van der Waals surface area contributed by atoms with Gasteiger partial charge in [-0.15, -0.1) is 0 Å². The number of carbonyl (C=O) groups excluding carboxylic acids is 2. The molecular weight excluding hydrogens is 346 g/mol. The molecule has 116 valence electrons. The summed E-state index contributed by atoms with van der Waals surface area (Å²) in [5.41, 5.74) is 0. The minimum Gasteiger partial charge on any atom is -0.750 e. The third-order valence-electron chi connectivity index (χ3n) is 1.41. The summed E-state index contributed by atoms with van der Waals surface area (Å²) in [4.78, 5) is 19.9. The van der Waals surface area contributed by atoms with Crippen LogP contribution in [0.2, 0.25) is 0 Å². The van der Waals surface area contributed by atoms with Crippen LogP contribution in [-0.2, 0) is 32.3 Å². The Morgan fingerprint density at radius 3 is 1.24 bits per heavy atom. The second kappa shape index (κ2) is 26.4. The first kappa shape index (κ1) is 33.9. The SMILES string of the molecule is CC(C)=O.O=C1CCCCC1.O=S([O-])O.O=S([O-])O.[Na+].[Na+]. The molecular formula is C9H18Na2O8S2. The predicted molar refractivity (Wildman–Crippen MR) is 67.5 cm³/mol. The second-order valence-corrected chi connectivity index (χ2v) is 4.31. The minimum atomic E-state index is -2.86. The number of hydrogen-bond acceptors (Lipinski definition) is 6. The smallest absolute Gasteiger partial charge is 0.750 e. The van der Waals surface area contributed by atoms with E-state index in [4.69, 9.17) is 26.6 Å². The summed E-state index contributed by atoms with van der Waals surface area (Å²) in [5, 5.41) is 0. The Morgan fingerprint density at radius 2 is 1.14 bits per heavy atom. The van der Waals surface area contributed by atoms with E-state index < -0.39 is 22.7 Å². The van der Waals surface area contributed by atoms with Gasteiger partial charge in [0.25, 0.3) is 0 Å². The van der Waals surface area contributed by atoms with Gasteiger partial charge in [0.15, 0.2) is 0 Å². The molecule has 2 unspecified atom stereocenters. The van der Waals surface area contributed by atoms with Crippen LogP contribution in [0.3, 0.4) is 0 Å². The molecule has 0 aliphatic heterocycles. The molecule has 1 fully saturated rings. The van der Waals surface area contributed by atoms with Crippen molar-refractivity contribution in [3.8, 4) is 0 Å². The Hall–Kier alpha value is 1.48. The fourth-order valence-electron chi connectivity index (χ4n) is 0.946. The molecule has 1 aliphatic carbocycles. The second-order valence-electron chi connectivity index (χ2n) is 3.44. The van der Waals surface area contributed by atoms with Crippen LogP contribution in [0.15, 0.2) is 0 Å². The molecule has 0 bridgehead atoms. The quantitative estimate of drug-likeness (QED) is 0.319. The molecule has 21 heavy (non-hydrogen) atoms. The van der Waals surface area contributed by atoms with E-state index in [2.05, 4.69) is 0 Å². The van der Waals surface area contributed by atoms with Gasteiger partial charge >= 0.3 is 59.1 Å². The molecule has 1 rings (SSSR count). The van der Waals surface area contributed by atoms with Crippen LogP contribution < -0.4 is 59.1 Å². The molecule has 2 atom stereocenters. The van der Waals surface area contributed by atoms with E-state index in [0.29, 0.717) is 5.78 Å². The summed E-state index contributed by atoms with van der Waals surface area (Å²) >= 11 is -5.72. The third-order valence-corrected chi connectivity index (χ3v) is 1.41.